The SMILES string of the molecule is Cc1nsc(=O)n1C.Cc1nsc(=S)n1C. The van der Waals surface area contributed by atoms with E-state index in [0.717, 1.165) is 27.1 Å². The maximum absolute atomic E-state index is 10.6. The number of rotatable bonds is 0. The van der Waals surface area contributed by atoms with Crippen molar-refractivity contribution >= 4 is 35.3 Å². The molecule has 2 heterocycles. The molecule has 2 aromatic heterocycles. The van der Waals surface area contributed by atoms with E-state index >= 15 is 0 Å². The molecule has 0 aliphatic carbocycles. The summed E-state index contributed by atoms with van der Waals surface area (Å²) in [5.41, 5.74) is 0. The van der Waals surface area contributed by atoms with Crippen LogP contribution in [0.2, 0.25) is 0 Å². The summed E-state index contributed by atoms with van der Waals surface area (Å²) in [6.07, 6.45) is 0. The smallest absolute Gasteiger partial charge is 0.314 e. The van der Waals surface area contributed by atoms with Gasteiger partial charge in [-0.1, -0.05) is 0 Å². The van der Waals surface area contributed by atoms with Crippen molar-refractivity contribution in [2.75, 3.05) is 0 Å². The summed E-state index contributed by atoms with van der Waals surface area (Å²) in [6.45, 7) is 3.74. The van der Waals surface area contributed by atoms with Crippen molar-refractivity contribution < 1.29 is 0 Å². The number of hydrogen-bond acceptors (Lipinski definition) is 6. The Balaban J connectivity index is 0.000000160. The molecule has 2 aromatic rings. The zero-order chi connectivity index (χ0) is 12.3. The average molecular weight is 276 g/mol. The average Bonchev–Trinajstić information content (AvgIpc) is 2.70. The Kier molecular flexibility index (Phi) is 4.51. The molecule has 0 spiro atoms. The van der Waals surface area contributed by atoms with Crippen LogP contribution in [0.15, 0.2) is 4.79 Å². The first-order valence-corrected chi connectivity index (χ1v) is 6.37. The van der Waals surface area contributed by atoms with Crippen LogP contribution in [-0.2, 0) is 14.1 Å². The first-order valence-electron chi connectivity index (χ1n) is 4.42. The summed E-state index contributed by atoms with van der Waals surface area (Å²) < 4.78 is 12.1. The van der Waals surface area contributed by atoms with E-state index in [4.69, 9.17) is 12.2 Å². The summed E-state index contributed by atoms with van der Waals surface area (Å²) >= 11 is 7.24. The van der Waals surface area contributed by atoms with Gasteiger partial charge in [-0.25, -0.2) is 0 Å². The third-order valence-corrected chi connectivity index (χ3v) is 4.10. The Morgan fingerprint density at radius 2 is 1.56 bits per heavy atom. The maximum atomic E-state index is 10.6. The molecule has 8 heteroatoms. The lowest BCUT2D eigenvalue weighted by molar-refractivity contribution is 0.830. The molecule has 0 bridgehead atoms. The van der Waals surface area contributed by atoms with Crippen molar-refractivity contribution in [1.29, 1.82) is 0 Å². The summed E-state index contributed by atoms with van der Waals surface area (Å²) in [7, 11) is 3.63. The summed E-state index contributed by atoms with van der Waals surface area (Å²) in [4.78, 5) is 10.6. The molecule has 0 saturated carbocycles. The van der Waals surface area contributed by atoms with Crippen molar-refractivity contribution in [3.63, 3.8) is 0 Å². The van der Waals surface area contributed by atoms with E-state index in [0.29, 0.717) is 0 Å². The van der Waals surface area contributed by atoms with Crippen molar-refractivity contribution in [3.8, 4) is 0 Å². The highest BCUT2D eigenvalue weighted by molar-refractivity contribution is 7.73. The monoisotopic (exact) mass is 276 g/mol. The van der Waals surface area contributed by atoms with Crippen LogP contribution in [0, 0.1) is 17.8 Å². The van der Waals surface area contributed by atoms with Gasteiger partial charge in [-0.15, -0.1) is 0 Å². The molecule has 0 N–H and O–H groups in total. The van der Waals surface area contributed by atoms with Crippen molar-refractivity contribution in [2.24, 2.45) is 14.1 Å². The van der Waals surface area contributed by atoms with E-state index in [2.05, 4.69) is 8.75 Å². The van der Waals surface area contributed by atoms with Crippen molar-refractivity contribution in [3.05, 3.63) is 25.3 Å². The van der Waals surface area contributed by atoms with Crippen LogP contribution in [0.4, 0.5) is 0 Å². The van der Waals surface area contributed by atoms with Gasteiger partial charge in [-0.05, 0) is 37.6 Å². The number of nitrogens with zero attached hydrogens (tertiary/aromatic N) is 4. The maximum Gasteiger partial charge on any atom is 0.325 e. The fourth-order valence-corrected chi connectivity index (χ4v) is 2.14. The van der Waals surface area contributed by atoms with Crippen LogP contribution in [0.25, 0.3) is 0 Å². The second kappa shape index (κ2) is 5.46. The largest absolute Gasteiger partial charge is 0.325 e. The molecular formula is C8H12N4OS3. The van der Waals surface area contributed by atoms with E-state index in [9.17, 15) is 4.79 Å². The van der Waals surface area contributed by atoms with Crippen LogP contribution in [-0.4, -0.2) is 17.9 Å². The highest BCUT2D eigenvalue weighted by Gasteiger charge is 1.94. The molecule has 0 aliphatic heterocycles. The zero-order valence-corrected chi connectivity index (χ0v) is 11.9. The van der Waals surface area contributed by atoms with Crippen LogP contribution in [0.5, 0.6) is 0 Å². The lowest BCUT2D eigenvalue weighted by Crippen LogP contribution is -2.08. The van der Waals surface area contributed by atoms with Gasteiger partial charge >= 0.3 is 4.87 Å². The quantitative estimate of drug-likeness (QED) is 0.687. The predicted molar refractivity (Wildman–Crippen MR) is 68.7 cm³/mol. The standard InChI is InChI=1S/C4H6N2OS.C4H6N2S2/c2*1-3-5-8-4(7)6(3)2/h2*1-2H3. The second-order valence-electron chi connectivity index (χ2n) is 3.11. The Morgan fingerprint density at radius 3 is 1.69 bits per heavy atom. The van der Waals surface area contributed by atoms with Gasteiger partial charge in [0.05, 0.1) is 0 Å². The molecular weight excluding hydrogens is 264 g/mol. The third-order valence-electron chi connectivity index (χ3n) is 2.03. The summed E-state index contributed by atoms with van der Waals surface area (Å²) in [5, 5.41) is 0. The molecule has 0 radical (unpaired) electrons. The Morgan fingerprint density at radius 1 is 1.06 bits per heavy atom. The summed E-state index contributed by atoms with van der Waals surface area (Å²) in [6, 6.07) is 0. The zero-order valence-electron chi connectivity index (χ0n) is 9.42. The van der Waals surface area contributed by atoms with Crippen LogP contribution >= 0.6 is 35.3 Å². The number of aromatic nitrogens is 4. The van der Waals surface area contributed by atoms with Gasteiger partial charge in [-0.3, -0.25) is 9.36 Å². The third kappa shape index (κ3) is 3.06. The molecule has 88 valence electrons. The van der Waals surface area contributed by atoms with E-state index in [1.165, 1.54) is 16.1 Å². The molecule has 0 aliphatic rings. The van der Waals surface area contributed by atoms with E-state index in [1.54, 1.807) is 14.0 Å². The van der Waals surface area contributed by atoms with Crippen LogP contribution < -0.4 is 4.87 Å². The highest BCUT2D eigenvalue weighted by atomic mass is 32.2. The van der Waals surface area contributed by atoms with E-state index in [-0.39, 0.29) is 4.87 Å². The molecule has 0 unspecified atom stereocenters. The minimum atomic E-state index is 0.00231. The Bertz CT molecular complexity index is 524. The minimum Gasteiger partial charge on any atom is -0.314 e. The predicted octanol–water partition coefficient (Wildman–Crippen LogP) is 1.67. The van der Waals surface area contributed by atoms with Gasteiger partial charge in [0.2, 0.25) is 0 Å². The normalized spacial score (nSPS) is 9.75. The molecule has 0 aromatic carbocycles. The molecule has 0 amide bonds. The molecule has 0 saturated heterocycles. The van der Waals surface area contributed by atoms with Crippen molar-refractivity contribution in [1.82, 2.24) is 17.9 Å². The van der Waals surface area contributed by atoms with Gasteiger partial charge in [0.25, 0.3) is 0 Å². The number of hydrogen-bond donors (Lipinski definition) is 0. The minimum absolute atomic E-state index is 0.00231. The second-order valence-corrected chi connectivity index (χ2v) is 5.22. The van der Waals surface area contributed by atoms with E-state index < -0.39 is 0 Å². The van der Waals surface area contributed by atoms with Crippen LogP contribution in [0.1, 0.15) is 11.6 Å². The molecule has 2 rings (SSSR count). The Hall–Kier alpha value is -0.860. The van der Waals surface area contributed by atoms with Gasteiger partial charge < -0.3 is 4.57 Å². The summed E-state index contributed by atoms with van der Waals surface area (Å²) in [5.74, 6) is 1.76. The first kappa shape index (κ1) is 13.2. The lowest BCUT2D eigenvalue weighted by Gasteiger charge is -1.86. The highest BCUT2D eigenvalue weighted by Crippen LogP contribution is 1.99. The van der Waals surface area contributed by atoms with E-state index in [1.807, 2.05) is 18.5 Å². The van der Waals surface area contributed by atoms with Gasteiger partial charge in [-0.2, -0.15) is 8.75 Å². The van der Waals surface area contributed by atoms with Gasteiger partial charge in [0, 0.05) is 25.6 Å². The topological polar surface area (TPSA) is 52.7 Å². The van der Waals surface area contributed by atoms with Crippen LogP contribution in [0.3, 0.4) is 0 Å². The fraction of sp³-hybridized carbons (Fsp3) is 0.500. The molecule has 5 nitrogen and oxygen atoms in total. The first-order chi connectivity index (χ1) is 7.43. The molecule has 0 fully saturated rings. The number of aryl methyl sites for hydroxylation is 2. The molecule has 16 heavy (non-hydrogen) atoms. The fourth-order valence-electron chi connectivity index (χ4n) is 0.719. The van der Waals surface area contributed by atoms with Gasteiger partial charge in [0.15, 0.2) is 3.95 Å². The van der Waals surface area contributed by atoms with Gasteiger partial charge in [0.1, 0.15) is 11.6 Å². The molecule has 0 atom stereocenters. The van der Waals surface area contributed by atoms with Crippen molar-refractivity contribution in [2.45, 2.75) is 13.8 Å². The Labute approximate surface area is 106 Å². The lowest BCUT2D eigenvalue weighted by atomic mass is 10.7.